The summed E-state index contributed by atoms with van der Waals surface area (Å²) >= 11 is 0. The second-order valence-corrected chi connectivity index (χ2v) is 7.37. The summed E-state index contributed by atoms with van der Waals surface area (Å²) in [6.45, 7) is 14.2. The molecule has 0 unspecified atom stereocenters. The molecule has 1 aliphatic rings. The highest BCUT2D eigenvalue weighted by molar-refractivity contribution is 5.78. The van der Waals surface area contributed by atoms with Crippen LogP contribution in [0.5, 0.6) is 0 Å². The first-order valence-corrected chi connectivity index (χ1v) is 9.20. The van der Waals surface area contributed by atoms with E-state index in [1.54, 1.807) is 0 Å². The molecule has 130 valence electrons. The topological polar surface area (TPSA) is 3.24 Å². The summed E-state index contributed by atoms with van der Waals surface area (Å²) in [5.41, 5.74) is 12.4. The molecule has 0 aromatic heterocycles. The maximum atomic E-state index is 2.44. The Balaban J connectivity index is 2.01. The lowest BCUT2D eigenvalue weighted by molar-refractivity contribution is 0.988. The van der Waals surface area contributed by atoms with E-state index in [4.69, 9.17) is 0 Å². The molecule has 0 atom stereocenters. The van der Waals surface area contributed by atoms with Gasteiger partial charge in [0.15, 0.2) is 0 Å². The average molecular weight is 332 g/mol. The summed E-state index contributed by atoms with van der Waals surface area (Å²) in [4.78, 5) is 2.44. The Labute approximate surface area is 152 Å². The summed E-state index contributed by atoms with van der Waals surface area (Å²) in [5.74, 6) is 0. The van der Waals surface area contributed by atoms with E-state index in [1.165, 1.54) is 50.2 Å². The third kappa shape index (κ3) is 3.42. The number of rotatable bonds is 3. The van der Waals surface area contributed by atoms with Gasteiger partial charge in [0.1, 0.15) is 0 Å². The van der Waals surface area contributed by atoms with Gasteiger partial charge in [-0.15, -0.1) is 0 Å². The van der Waals surface area contributed by atoms with Crippen molar-refractivity contribution in [1.82, 2.24) is 0 Å². The van der Waals surface area contributed by atoms with E-state index in [0.717, 1.165) is 13.0 Å². The van der Waals surface area contributed by atoms with Gasteiger partial charge in [0.25, 0.3) is 0 Å². The number of allylic oxidation sites excluding steroid dienone is 1. The number of nitrogens with zero attached hydrogens (tertiary/aromatic N) is 1. The van der Waals surface area contributed by atoms with E-state index in [0.29, 0.717) is 0 Å². The quantitative estimate of drug-likeness (QED) is 0.619. The van der Waals surface area contributed by atoms with Gasteiger partial charge >= 0.3 is 0 Å². The number of benzene rings is 2. The van der Waals surface area contributed by atoms with Crippen LogP contribution in [0.15, 0.2) is 36.5 Å². The van der Waals surface area contributed by atoms with E-state index >= 15 is 0 Å². The van der Waals surface area contributed by atoms with E-state index in [2.05, 4.69) is 89.1 Å². The zero-order valence-electron chi connectivity index (χ0n) is 16.4. The van der Waals surface area contributed by atoms with Gasteiger partial charge in [0, 0.05) is 18.4 Å². The lowest BCUT2D eigenvalue weighted by Crippen LogP contribution is -2.14. The molecule has 0 saturated heterocycles. The summed E-state index contributed by atoms with van der Waals surface area (Å²) in [7, 11) is 0. The van der Waals surface area contributed by atoms with Gasteiger partial charge in [0.2, 0.25) is 0 Å². The molecule has 0 spiro atoms. The van der Waals surface area contributed by atoms with Gasteiger partial charge in [-0.2, -0.15) is 0 Å². The Morgan fingerprint density at radius 2 is 1.44 bits per heavy atom. The Morgan fingerprint density at radius 3 is 2.00 bits per heavy atom. The van der Waals surface area contributed by atoms with Crippen molar-refractivity contribution in [3.63, 3.8) is 0 Å². The molecule has 1 aliphatic heterocycles. The van der Waals surface area contributed by atoms with Gasteiger partial charge in [-0.05, 0) is 86.9 Å². The lowest BCUT2D eigenvalue weighted by atomic mass is 9.93. The smallest absolute Gasteiger partial charge is 0.0465 e. The van der Waals surface area contributed by atoms with Crippen LogP contribution in [-0.2, 0) is 0 Å². The van der Waals surface area contributed by atoms with Crippen LogP contribution < -0.4 is 4.90 Å². The SMILES string of the molecule is C/C=C/c1cc(C)c(C2=CN(c3c(C)cc(C)cc3C)CC2)c(C)c1. The molecule has 0 aliphatic carbocycles. The predicted molar refractivity (Wildman–Crippen MR) is 111 cm³/mol. The first-order chi connectivity index (χ1) is 11.9. The molecular weight excluding hydrogens is 302 g/mol. The van der Waals surface area contributed by atoms with Gasteiger partial charge in [-0.3, -0.25) is 0 Å². The fourth-order valence-corrected chi connectivity index (χ4v) is 4.34. The maximum absolute atomic E-state index is 2.44. The fourth-order valence-electron chi connectivity index (χ4n) is 4.34. The predicted octanol–water partition coefficient (Wildman–Crippen LogP) is 6.51. The van der Waals surface area contributed by atoms with Gasteiger partial charge in [0.05, 0.1) is 0 Å². The van der Waals surface area contributed by atoms with E-state index in [1.807, 2.05) is 0 Å². The monoisotopic (exact) mass is 331 g/mol. The maximum Gasteiger partial charge on any atom is 0.0465 e. The van der Waals surface area contributed by atoms with E-state index < -0.39 is 0 Å². The molecule has 1 heteroatoms. The molecular formula is C24H29N. The molecule has 1 heterocycles. The van der Waals surface area contributed by atoms with Gasteiger partial charge < -0.3 is 4.90 Å². The largest absolute Gasteiger partial charge is 0.347 e. The summed E-state index contributed by atoms with van der Waals surface area (Å²) in [6, 6.07) is 9.18. The summed E-state index contributed by atoms with van der Waals surface area (Å²) < 4.78 is 0. The van der Waals surface area contributed by atoms with Crippen molar-refractivity contribution in [2.45, 2.75) is 48.0 Å². The molecule has 0 N–H and O–H groups in total. The zero-order chi connectivity index (χ0) is 18.1. The van der Waals surface area contributed by atoms with E-state index in [-0.39, 0.29) is 0 Å². The minimum absolute atomic E-state index is 1.07. The number of anilines is 1. The van der Waals surface area contributed by atoms with Crippen LogP contribution in [0, 0.1) is 34.6 Å². The fraction of sp³-hybridized carbons (Fsp3) is 0.333. The van der Waals surface area contributed by atoms with Crippen molar-refractivity contribution in [3.8, 4) is 0 Å². The van der Waals surface area contributed by atoms with Gasteiger partial charge in [-0.1, -0.05) is 42.0 Å². The lowest BCUT2D eigenvalue weighted by Gasteiger charge is -2.21. The highest BCUT2D eigenvalue weighted by atomic mass is 15.1. The molecule has 2 aromatic carbocycles. The first-order valence-electron chi connectivity index (χ1n) is 9.20. The average Bonchev–Trinajstić information content (AvgIpc) is 2.95. The van der Waals surface area contributed by atoms with Crippen LogP contribution in [-0.4, -0.2) is 6.54 Å². The second-order valence-electron chi connectivity index (χ2n) is 7.37. The molecule has 3 rings (SSSR count). The van der Waals surface area contributed by atoms with Gasteiger partial charge in [-0.25, -0.2) is 0 Å². The van der Waals surface area contributed by atoms with Crippen LogP contribution in [0.3, 0.4) is 0 Å². The van der Waals surface area contributed by atoms with Crippen molar-refractivity contribution in [1.29, 1.82) is 0 Å². The molecule has 2 aromatic rings. The molecule has 0 bridgehead atoms. The van der Waals surface area contributed by atoms with Crippen molar-refractivity contribution in [3.05, 3.63) is 75.5 Å². The van der Waals surface area contributed by atoms with Crippen molar-refractivity contribution in [2.75, 3.05) is 11.4 Å². The number of aryl methyl sites for hydroxylation is 5. The molecule has 25 heavy (non-hydrogen) atoms. The normalized spacial score (nSPS) is 14.5. The zero-order valence-corrected chi connectivity index (χ0v) is 16.4. The third-order valence-electron chi connectivity index (χ3n) is 5.09. The molecule has 0 radical (unpaired) electrons. The molecule has 0 amide bonds. The van der Waals surface area contributed by atoms with Crippen molar-refractivity contribution < 1.29 is 0 Å². The highest BCUT2D eigenvalue weighted by Gasteiger charge is 2.20. The minimum Gasteiger partial charge on any atom is -0.347 e. The van der Waals surface area contributed by atoms with Crippen molar-refractivity contribution >= 4 is 17.3 Å². The second kappa shape index (κ2) is 6.92. The Morgan fingerprint density at radius 1 is 0.840 bits per heavy atom. The Hall–Kier alpha value is -2.28. The molecule has 0 saturated carbocycles. The van der Waals surface area contributed by atoms with Crippen LogP contribution in [0.1, 0.15) is 52.3 Å². The van der Waals surface area contributed by atoms with Crippen LogP contribution >= 0.6 is 0 Å². The summed E-state index contributed by atoms with van der Waals surface area (Å²) in [6.07, 6.45) is 7.76. The van der Waals surface area contributed by atoms with Crippen LogP contribution in [0.2, 0.25) is 0 Å². The van der Waals surface area contributed by atoms with E-state index in [9.17, 15) is 0 Å². The Bertz CT molecular complexity index is 822. The molecule has 0 fully saturated rings. The minimum atomic E-state index is 1.07. The standard InChI is InChI=1S/C24H29N/c1-7-8-21-13-17(3)23(18(4)14-21)22-9-10-25(15-22)24-19(5)11-16(2)12-20(24)6/h7-8,11-15H,9-10H2,1-6H3/b8-7+. The van der Waals surface area contributed by atoms with Crippen LogP contribution in [0.25, 0.3) is 11.6 Å². The summed E-state index contributed by atoms with van der Waals surface area (Å²) in [5, 5.41) is 0. The first kappa shape index (κ1) is 17.5. The Kier molecular flexibility index (Phi) is 4.85. The number of hydrogen-bond donors (Lipinski definition) is 0. The highest BCUT2D eigenvalue weighted by Crippen LogP contribution is 2.36. The third-order valence-corrected chi connectivity index (χ3v) is 5.09. The van der Waals surface area contributed by atoms with Crippen molar-refractivity contribution in [2.24, 2.45) is 0 Å². The van der Waals surface area contributed by atoms with Crippen LogP contribution in [0.4, 0.5) is 5.69 Å². The number of hydrogen-bond acceptors (Lipinski definition) is 1. The molecule has 1 nitrogen and oxygen atoms in total.